The first-order valence-electron chi connectivity index (χ1n) is 13.7. The molecule has 1 fully saturated rings. The van der Waals surface area contributed by atoms with E-state index in [0.29, 0.717) is 17.6 Å². The number of fused-ring (bicyclic) bond motifs is 1. The van der Waals surface area contributed by atoms with E-state index < -0.39 is 76.4 Å². The van der Waals surface area contributed by atoms with Gasteiger partial charge in [0, 0.05) is 47.5 Å². The zero-order valence-corrected chi connectivity index (χ0v) is 24.5. The second kappa shape index (κ2) is 10.4. The normalized spacial score (nSPS) is 37.5. The highest BCUT2D eigenvalue weighted by molar-refractivity contribution is 5.96. The quantitative estimate of drug-likeness (QED) is 0.374. The van der Waals surface area contributed by atoms with Gasteiger partial charge in [-0.3, -0.25) is 19.2 Å². The van der Waals surface area contributed by atoms with Crippen molar-refractivity contribution in [1.29, 1.82) is 0 Å². The maximum atomic E-state index is 13.1. The van der Waals surface area contributed by atoms with E-state index in [0.717, 1.165) is 0 Å². The molecule has 1 saturated carbocycles. The Morgan fingerprint density at radius 1 is 1.10 bits per heavy atom. The maximum absolute atomic E-state index is 13.1. The first-order chi connectivity index (χ1) is 19.0. The Morgan fingerprint density at radius 3 is 2.27 bits per heavy atom. The Balaban J connectivity index is 1.94. The molecular formula is C31H38O10. The van der Waals surface area contributed by atoms with Gasteiger partial charge in [0.05, 0.1) is 13.5 Å². The number of carbonyl (C=O) groups is 5. The summed E-state index contributed by atoms with van der Waals surface area (Å²) in [4.78, 5) is 63.7. The standard InChI is InChI=1S/C31H38O10/c1-15-19-9-10-20(18-13-24(36)41-28(18)37)31(19,7)27(40-17(3)33)26(39-16(2)32)25(15)30(6)12-11-22(34)29(4,5)21(30)14-23(35)38-8/h9,11-13,20-21,24-27,36H,1,10,14H2,2-8H3/t20-,21-,24?,25+,26+,27-,30-,31+/m0/s1. The number of rotatable bonds is 6. The second-order valence-electron chi connectivity index (χ2n) is 12.3. The molecule has 222 valence electrons. The average Bonchev–Trinajstić information content (AvgIpc) is 3.39. The number of aliphatic hydroxyl groups is 1. The second-order valence-corrected chi connectivity index (χ2v) is 12.3. The molecule has 10 heteroatoms. The zero-order valence-electron chi connectivity index (χ0n) is 24.5. The van der Waals surface area contributed by atoms with E-state index >= 15 is 0 Å². The highest BCUT2D eigenvalue weighted by Crippen LogP contribution is 2.65. The number of allylic oxidation sites excluding steroid dienone is 3. The van der Waals surface area contributed by atoms with Crippen molar-refractivity contribution in [2.24, 2.45) is 34.0 Å². The highest BCUT2D eigenvalue weighted by atomic mass is 16.6. The van der Waals surface area contributed by atoms with Crippen LogP contribution in [0, 0.1) is 34.0 Å². The van der Waals surface area contributed by atoms with Crippen molar-refractivity contribution in [3.8, 4) is 0 Å². The van der Waals surface area contributed by atoms with Crippen LogP contribution in [0.2, 0.25) is 0 Å². The Hall–Kier alpha value is -3.53. The van der Waals surface area contributed by atoms with E-state index in [4.69, 9.17) is 18.9 Å². The van der Waals surface area contributed by atoms with Crippen LogP contribution in [-0.4, -0.2) is 60.4 Å². The molecule has 0 aromatic heterocycles. The fourth-order valence-electron chi connectivity index (χ4n) is 7.74. The predicted molar refractivity (Wildman–Crippen MR) is 144 cm³/mol. The van der Waals surface area contributed by atoms with Crippen LogP contribution in [-0.2, 0) is 42.9 Å². The monoisotopic (exact) mass is 570 g/mol. The molecule has 8 atom stereocenters. The van der Waals surface area contributed by atoms with Gasteiger partial charge in [0.15, 0.2) is 5.78 Å². The van der Waals surface area contributed by atoms with Crippen LogP contribution >= 0.6 is 0 Å². The Morgan fingerprint density at radius 2 is 1.73 bits per heavy atom. The molecule has 4 aliphatic rings. The van der Waals surface area contributed by atoms with E-state index in [9.17, 15) is 29.1 Å². The molecule has 0 radical (unpaired) electrons. The number of ether oxygens (including phenoxy) is 4. The SMILES string of the molecule is C=C1C2=CC[C@@H](C3=CC(O)OC3=O)[C@]2(C)[C@@H](OC(C)=O)[C@H](OC(C)=O)[C@@H]1[C@@]1(C)C=CC(=O)C(C)(C)[C@@H]1CC(=O)OC. The third kappa shape index (κ3) is 4.75. The maximum Gasteiger partial charge on any atom is 0.336 e. The lowest BCUT2D eigenvalue weighted by atomic mass is 9.47. The third-order valence-electron chi connectivity index (χ3n) is 9.68. The first kappa shape index (κ1) is 30.4. The third-order valence-corrected chi connectivity index (χ3v) is 9.68. The molecule has 1 aliphatic heterocycles. The number of hydrogen-bond donors (Lipinski definition) is 1. The lowest BCUT2D eigenvalue weighted by Gasteiger charge is -2.58. The molecule has 1 N–H and O–H groups in total. The molecule has 0 aromatic carbocycles. The summed E-state index contributed by atoms with van der Waals surface area (Å²) in [5, 5.41) is 10.0. The number of aliphatic hydroxyl groups excluding tert-OH is 1. The van der Waals surface area contributed by atoms with Gasteiger partial charge in [0.1, 0.15) is 12.2 Å². The minimum absolute atomic E-state index is 0.0968. The summed E-state index contributed by atoms with van der Waals surface area (Å²) in [5.74, 6) is -4.54. The van der Waals surface area contributed by atoms with Gasteiger partial charge < -0.3 is 24.1 Å². The molecule has 10 nitrogen and oxygen atoms in total. The predicted octanol–water partition coefficient (Wildman–Crippen LogP) is 3.14. The van der Waals surface area contributed by atoms with Crippen molar-refractivity contribution in [2.75, 3.05) is 7.11 Å². The van der Waals surface area contributed by atoms with Gasteiger partial charge in [-0.2, -0.15) is 0 Å². The summed E-state index contributed by atoms with van der Waals surface area (Å²) in [6.45, 7) is 14.2. The van der Waals surface area contributed by atoms with E-state index in [1.54, 1.807) is 19.9 Å². The van der Waals surface area contributed by atoms with Crippen molar-refractivity contribution in [2.45, 2.75) is 72.9 Å². The van der Waals surface area contributed by atoms with Crippen molar-refractivity contribution >= 4 is 29.7 Å². The smallest absolute Gasteiger partial charge is 0.336 e. The molecule has 41 heavy (non-hydrogen) atoms. The van der Waals surface area contributed by atoms with Crippen LogP contribution < -0.4 is 0 Å². The van der Waals surface area contributed by atoms with Gasteiger partial charge in [-0.15, -0.1) is 0 Å². The van der Waals surface area contributed by atoms with Crippen LogP contribution in [0.4, 0.5) is 0 Å². The minimum atomic E-state index is -1.40. The van der Waals surface area contributed by atoms with Crippen LogP contribution in [0.1, 0.15) is 54.4 Å². The summed E-state index contributed by atoms with van der Waals surface area (Å²) >= 11 is 0. The molecule has 3 aliphatic carbocycles. The fraction of sp³-hybridized carbons (Fsp3) is 0.581. The number of ketones is 1. The topological polar surface area (TPSA) is 142 Å². The molecule has 0 amide bonds. The highest BCUT2D eigenvalue weighted by Gasteiger charge is 2.66. The van der Waals surface area contributed by atoms with Gasteiger partial charge in [0.2, 0.25) is 6.29 Å². The molecular weight excluding hydrogens is 532 g/mol. The van der Waals surface area contributed by atoms with Crippen molar-refractivity contribution < 1.29 is 48.0 Å². The van der Waals surface area contributed by atoms with Gasteiger partial charge in [-0.25, -0.2) is 4.79 Å². The number of methoxy groups -OCH3 is 1. The lowest BCUT2D eigenvalue weighted by molar-refractivity contribution is -0.192. The largest absolute Gasteiger partial charge is 0.469 e. The summed E-state index contributed by atoms with van der Waals surface area (Å²) in [6, 6.07) is 0. The Kier molecular flexibility index (Phi) is 7.71. The van der Waals surface area contributed by atoms with Crippen LogP contribution in [0.15, 0.2) is 47.6 Å². The summed E-state index contributed by atoms with van der Waals surface area (Å²) in [6.07, 6.45) is 3.12. The number of cyclic esters (lactones) is 1. The van der Waals surface area contributed by atoms with Gasteiger partial charge in [-0.1, -0.05) is 46.4 Å². The Bertz CT molecular complexity index is 1300. The molecule has 4 rings (SSSR count). The van der Waals surface area contributed by atoms with E-state index in [1.807, 2.05) is 19.9 Å². The van der Waals surface area contributed by atoms with E-state index in [2.05, 4.69) is 6.58 Å². The van der Waals surface area contributed by atoms with Gasteiger partial charge in [0.25, 0.3) is 0 Å². The van der Waals surface area contributed by atoms with E-state index in [-0.39, 0.29) is 17.8 Å². The minimum Gasteiger partial charge on any atom is -0.469 e. The van der Waals surface area contributed by atoms with Gasteiger partial charge in [-0.05, 0) is 35.6 Å². The number of esters is 4. The molecule has 1 heterocycles. The van der Waals surface area contributed by atoms with E-state index in [1.165, 1.54) is 33.1 Å². The van der Waals surface area contributed by atoms with Crippen LogP contribution in [0.25, 0.3) is 0 Å². The molecule has 1 unspecified atom stereocenters. The molecule has 0 bridgehead atoms. The van der Waals surface area contributed by atoms with Crippen molar-refractivity contribution in [3.05, 3.63) is 47.6 Å². The van der Waals surface area contributed by atoms with Crippen LogP contribution in [0.5, 0.6) is 0 Å². The average molecular weight is 571 g/mol. The molecule has 0 spiro atoms. The lowest BCUT2D eigenvalue weighted by Crippen LogP contribution is -2.62. The summed E-state index contributed by atoms with van der Waals surface area (Å²) in [7, 11) is 1.28. The fourth-order valence-corrected chi connectivity index (χ4v) is 7.74. The Labute approximate surface area is 239 Å². The number of carbonyl (C=O) groups excluding carboxylic acids is 5. The number of hydrogen-bond acceptors (Lipinski definition) is 10. The summed E-state index contributed by atoms with van der Waals surface area (Å²) in [5.41, 5.74) is -1.58. The van der Waals surface area contributed by atoms with Crippen molar-refractivity contribution in [3.63, 3.8) is 0 Å². The summed E-state index contributed by atoms with van der Waals surface area (Å²) < 4.78 is 21.9. The van der Waals surface area contributed by atoms with Crippen molar-refractivity contribution in [1.82, 2.24) is 0 Å². The zero-order chi connectivity index (χ0) is 30.7. The molecule has 0 saturated heterocycles. The van der Waals surface area contributed by atoms with Gasteiger partial charge >= 0.3 is 23.9 Å². The first-order valence-corrected chi connectivity index (χ1v) is 13.7. The van der Waals surface area contributed by atoms with Crippen LogP contribution in [0.3, 0.4) is 0 Å². The molecule has 0 aromatic rings.